The minimum Gasteiger partial charge on any atom is -0.329 e. The quantitative estimate of drug-likeness (QED) is 0.726. The molecule has 0 unspecified atom stereocenters. The van der Waals surface area contributed by atoms with E-state index >= 15 is 0 Å². The third-order valence-corrected chi connectivity index (χ3v) is 2.27. The lowest BCUT2D eigenvalue weighted by Crippen LogP contribution is -1.85. The van der Waals surface area contributed by atoms with Gasteiger partial charge in [-0.1, -0.05) is 6.92 Å². The molecule has 2 rings (SSSR count). The van der Waals surface area contributed by atoms with Crippen molar-refractivity contribution < 1.29 is 13.2 Å². The lowest BCUT2D eigenvalue weighted by atomic mass is 10.1. The molecule has 1 heterocycles. The first kappa shape index (κ1) is 9.12. The summed E-state index contributed by atoms with van der Waals surface area (Å²) in [5, 5.41) is 0.406. The lowest BCUT2D eigenvalue weighted by molar-refractivity contribution is 0.514. The number of H-pyrrole nitrogens is 1. The number of rotatable bonds is 1. The largest absolute Gasteiger partial charge is 0.329 e. The second-order valence-electron chi connectivity index (χ2n) is 3.06. The van der Waals surface area contributed by atoms with Gasteiger partial charge in [0.15, 0.2) is 17.6 Å². The monoisotopic (exact) mass is 199 g/mol. The van der Waals surface area contributed by atoms with Crippen molar-refractivity contribution in [3.63, 3.8) is 0 Å². The van der Waals surface area contributed by atoms with Crippen LogP contribution in [0.1, 0.15) is 12.5 Å². The third-order valence-electron chi connectivity index (χ3n) is 2.27. The van der Waals surface area contributed by atoms with E-state index in [0.29, 0.717) is 17.4 Å². The molecule has 0 aliphatic heterocycles. The molecule has 74 valence electrons. The van der Waals surface area contributed by atoms with Gasteiger partial charge in [-0.15, -0.1) is 0 Å². The highest BCUT2D eigenvalue weighted by atomic mass is 19.2. The van der Waals surface area contributed by atoms with E-state index in [2.05, 4.69) is 4.98 Å². The third kappa shape index (κ3) is 1.10. The van der Waals surface area contributed by atoms with Gasteiger partial charge in [0.1, 0.15) is 0 Å². The first-order chi connectivity index (χ1) is 6.65. The van der Waals surface area contributed by atoms with Crippen LogP contribution >= 0.6 is 0 Å². The average molecular weight is 199 g/mol. The molecule has 4 heteroatoms. The summed E-state index contributed by atoms with van der Waals surface area (Å²) < 4.78 is 39.1. The van der Waals surface area contributed by atoms with Gasteiger partial charge in [-0.05, 0) is 18.6 Å². The van der Waals surface area contributed by atoms with E-state index in [0.717, 1.165) is 6.07 Å². The normalized spacial score (nSPS) is 11.1. The second-order valence-corrected chi connectivity index (χ2v) is 3.06. The molecule has 1 aromatic heterocycles. The summed E-state index contributed by atoms with van der Waals surface area (Å²) in [4.78, 5) is 2.21. The van der Waals surface area contributed by atoms with Crippen LogP contribution in [0.25, 0.3) is 10.9 Å². The standard InChI is InChI=1S/C10H8F3N/c1-2-5-6-3-4-7(11)8(12)9(6)14-10(5)13/h3-4,14H,2H2,1H3. The number of fused-ring (bicyclic) bond motifs is 1. The average Bonchev–Trinajstić information content (AvgIpc) is 2.49. The molecule has 0 atom stereocenters. The van der Waals surface area contributed by atoms with E-state index in [9.17, 15) is 13.2 Å². The number of hydrogen-bond donors (Lipinski definition) is 1. The van der Waals surface area contributed by atoms with Crippen molar-refractivity contribution in [1.82, 2.24) is 4.98 Å². The van der Waals surface area contributed by atoms with E-state index in [1.807, 2.05) is 0 Å². The molecule has 1 N–H and O–H groups in total. The number of aryl methyl sites for hydroxylation is 1. The molecule has 0 aliphatic rings. The minimum atomic E-state index is -1.03. The molecule has 1 nitrogen and oxygen atoms in total. The zero-order valence-corrected chi connectivity index (χ0v) is 7.50. The summed E-state index contributed by atoms with van der Waals surface area (Å²) >= 11 is 0. The van der Waals surface area contributed by atoms with Gasteiger partial charge >= 0.3 is 0 Å². The summed E-state index contributed by atoms with van der Waals surface area (Å²) in [6.07, 6.45) is 0.441. The molecule has 0 saturated carbocycles. The fourth-order valence-electron chi connectivity index (χ4n) is 1.57. The van der Waals surface area contributed by atoms with Crippen LogP contribution in [0.5, 0.6) is 0 Å². The fraction of sp³-hybridized carbons (Fsp3) is 0.200. The van der Waals surface area contributed by atoms with Crippen LogP contribution in [-0.2, 0) is 6.42 Å². The van der Waals surface area contributed by atoms with E-state index < -0.39 is 17.6 Å². The van der Waals surface area contributed by atoms with Gasteiger partial charge < -0.3 is 4.98 Å². The van der Waals surface area contributed by atoms with Gasteiger partial charge in [-0.25, -0.2) is 8.78 Å². The Morgan fingerprint density at radius 1 is 1.21 bits per heavy atom. The first-order valence-electron chi connectivity index (χ1n) is 4.29. The number of nitrogens with one attached hydrogen (secondary N) is 1. The minimum absolute atomic E-state index is 0.0978. The molecular formula is C10H8F3N. The van der Waals surface area contributed by atoms with Crippen molar-refractivity contribution in [2.24, 2.45) is 0 Å². The SMILES string of the molecule is CCc1c(F)[nH]c2c(F)c(F)ccc12. The Bertz CT molecular complexity index is 488. The maximum Gasteiger partial charge on any atom is 0.195 e. The smallest absolute Gasteiger partial charge is 0.195 e. The predicted molar refractivity (Wildman–Crippen MR) is 47.6 cm³/mol. The van der Waals surface area contributed by atoms with Crippen molar-refractivity contribution in [3.8, 4) is 0 Å². The van der Waals surface area contributed by atoms with Gasteiger partial charge in [0, 0.05) is 10.9 Å². The molecule has 0 bridgehead atoms. The molecule has 0 fully saturated rings. The molecule has 0 spiro atoms. The molecule has 0 saturated heterocycles. The Kier molecular flexibility index (Phi) is 1.98. The van der Waals surface area contributed by atoms with Crippen molar-refractivity contribution in [2.75, 3.05) is 0 Å². The van der Waals surface area contributed by atoms with Gasteiger partial charge in [0.25, 0.3) is 0 Å². The van der Waals surface area contributed by atoms with Crippen LogP contribution in [0, 0.1) is 17.6 Å². The van der Waals surface area contributed by atoms with Crippen molar-refractivity contribution >= 4 is 10.9 Å². The lowest BCUT2D eigenvalue weighted by Gasteiger charge is -1.95. The summed E-state index contributed by atoms with van der Waals surface area (Å²) in [6.45, 7) is 1.76. The van der Waals surface area contributed by atoms with Crippen molar-refractivity contribution in [2.45, 2.75) is 13.3 Å². The number of aromatic nitrogens is 1. The first-order valence-corrected chi connectivity index (χ1v) is 4.29. The second kappa shape index (κ2) is 3.04. The zero-order valence-electron chi connectivity index (χ0n) is 7.50. The predicted octanol–water partition coefficient (Wildman–Crippen LogP) is 3.15. The molecule has 14 heavy (non-hydrogen) atoms. The van der Waals surface area contributed by atoms with Crippen molar-refractivity contribution in [1.29, 1.82) is 0 Å². The summed E-state index contributed by atoms with van der Waals surface area (Å²) in [7, 11) is 0. The Balaban J connectivity index is 2.87. The highest BCUT2D eigenvalue weighted by Gasteiger charge is 2.15. The Hall–Kier alpha value is -1.45. The van der Waals surface area contributed by atoms with Gasteiger partial charge in [-0.3, -0.25) is 0 Å². The van der Waals surface area contributed by atoms with Crippen LogP contribution < -0.4 is 0 Å². The van der Waals surface area contributed by atoms with E-state index in [1.165, 1.54) is 6.07 Å². The Morgan fingerprint density at radius 2 is 1.93 bits per heavy atom. The van der Waals surface area contributed by atoms with Gasteiger partial charge in [0.2, 0.25) is 0 Å². The zero-order chi connectivity index (χ0) is 10.3. The fourth-order valence-corrected chi connectivity index (χ4v) is 1.57. The highest BCUT2D eigenvalue weighted by molar-refractivity contribution is 5.84. The molecule has 1 aromatic carbocycles. The molecule has 0 radical (unpaired) electrons. The van der Waals surface area contributed by atoms with E-state index in [-0.39, 0.29) is 5.52 Å². The molecule has 0 aliphatic carbocycles. The maximum absolute atomic E-state index is 13.2. The van der Waals surface area contributed by atoms with E-state index in [4.69, 9.17) is 0 Å². The van der Waals surface area contributed by atoms with Crippen LogP contribution in [-0.4, -0.2) is 4.98 Å². The van der Waals surface area contributed by atoms with Crippen LogP contribution in [0.2, 0.25) is 0 Å². The topological polar surface area (TPSA) is 15.8 Å². The van der Waals surface area contributed by atoms with Crippen LogP contribution in [0.3, 0.4) is 0 Å². The summed E-state index contributed by atoms with van der Waals surface area (Å²) in [6, 6.07) is 2.39. The van der Waals surface area contributed by atoms with E-state index in [1.54, 1.807) is 6.92 Å². The molecule has 0 amide bonds. The number of benzene rings is 1. The van der Waals surface area contributed by atoms with Crippen LogP contribution in [0.15, 0.2) is 12.1 Å². The Labute approximate surface area is 78.5 Å². The highest BCUT2D eigenvalue weighted by Crippen LogP contribution is 2.25. The molecule has 2 aromatic rings. The van der Waals surface area contributed by atoms with Gasteiger partial charge in [-0.2, -0.15) is 4.39 Å². The maximum atomic E-state index is 13.2. The summed E-state index contributed by atoms with van der Waals surface area (Å²) in [5.74, 6) is -2.59. The summed E-state index contributed by atoms with van der Waals surface area (Å²) in [5.41, 5.74) is 0.290. The van der Waals surface area contributed by atoms with Crippen LogP contribution in [0.4, 0.5) is 13.2 Å². The van der Waals surface area contributed by atoms with Crippen molar-refractivity contribution in [3.05, 3.63) is 35.3 Å². The Morgan fingerprint density at radius 3 is 2.57 bits per heavy atom. The number of hydrogen-bond acceptors (Lipinski definition) is 0. The number of halogens is 3. The molecular weight excluding hydrogens is 191 g/mol. The van der Waals surface area contributed by atoms with Gasteiger partial charge in [0.05, 0.1) is 5.52 Å². The number of aromatic amines is 1.